The van der Waals surface area contributed by atoms with E-state index in [0.29, 0.717) is 5.76 Å². The van der Waals surface area contributed by atoms with Crippen LogP contribution in [0, 0.1) is 0 Å². The van der Waals surface area contributed by atoms with Crippen molar-refractivity contribution in [3.8, 4) is 0 Å². The number of hydrogen-bond donors (Lipinski definition) is 0. The van der Waals surface area contributed by atoms with Crippen molar-refractivity contribution in [1.82, 2.24) is 0 Å². The van der Waals surface area contributed by atoms with E-state index >= 15 is 0 Å². The molecule has 0 heterocycles. The molecule has 0 bridgehead atoms. The van der Waals surface area contributed by atoms with Crippen molar-refractivity contribution >= 4 is 11.4 Å². The van der Waals surface area contributed by atoms with Gasteiger partial charge in [0.05, 0.1) is 7.11 Å². The Labute approximate surface area is 125 Å². The summed E-state index contributed by atoms with van der Waals surface area (Å²) in [7, 11) is 4.62. The number of Topliss-reactive ketones (excluding diaryl/α,β-unsaturated/α-hetero) is 1. The number of ketones is 1. The number of benzene rings is 1. The highest BCUT2D eigenvalue weighted by atomic mass is 16.6. The zero-order valence-electron chi connectivity index (χ0n) is 12.8. The first-order valence-corrected chi connectivity index (χ1v) is 6.72. The molecule has 4 nitrogen and oxygen atoms in total. The maximum atomic E-state index is 12.1. The Morgan fingerprint density at radius 3 is 2.29 bits per heavy atom. The van der Waals surface area contributed by atoms with Crippen molar-refractivity contribution in [2.24, 2.45) is 0 Å². The summed E-state index contributed by atoms with van der Waals surface area (Å²) >= 11 is 0. The predicted molar refractivity (Wildman–Crippen MR) is 80.7 cm³/mol. The third-order valence-electron chi connectivity index (χ3n) is 3.82. The molecule has 0 spiro atoms. The van der Waals surface area contributed by atoms with Gasteiger partial charge in [0.15, 0.2) is 17.5 Å². The van der Waals surface area contributed by atoms with Gasteiger partial charge in [0.2, 0.25) is 0 Å². The number of ether oxygens (including phenoxy) is 3. The fourth-order valence-electron chi connectivity index (χ4n) is 2.69. The predicted octanol–water partition coefficient (Wildman–Crippen LogP) is 2.60. The van der Waals surface area contributed by atoms with Crippen LogP contribution in [0.25, 0.3) is 5.57 Å². The van der Waals surface area contributed by atoms with Crippen LogP contribution in [-0.4, -0.2) is 38.8 Å². The van der Waals surface area contributed by atoms with Gasteiger partial charge in [0.25, 0.3) is 0 Å². The third-order valence-corrected chi connectivity index (χ3v) is 3.82. The van der Waals surface area contributed by atoms with Gasteiger partial charge in [0, 0.05) is 19.8 Å². The van der Waals surface area contributed by atoms with E-state index in [9.17, 15) is 4.79 Å². The SMILES string of the molecule is COC1=C(c2ccccc2)C=CC(OC)(C(C)=O)C1OC. The monoisotopic (exact) mass is 288 g/mol. The molecule has 2 rings (SSSR count). The lowest BCUT2D eigenvalue weighted by molar-refractivity contribution is -0.148. The number of allylic oxidation sites excluding steroid dienone is 2. The summed E-state index contributed by atoms with van der Waals surface area (Å²) in [6, 6.07) is 9.83. The van der Waals surface area contributed by atoms with E-state index < -0.39 is 11.7 Å². The molecular formula is C17H20O4. The van der Waals surface area contributed by atoms with Gasteiger partial charge in [-0.05, 0) is 18.6 Å². The van der Waals surface area contributed by atoms with Gasteiger partial charge in [0.1, 0.15) is 5.76 Å². The van der Waals surface area contributed by atoms with Gasteiger partial charge in [-0.25, -0.2) is 0 Å². The van der Waals surface area contributed by atoms with Crippen molar-refractivity contribution in [1.29, 1.82) is 0 Å². The Balaban J connectivity index is 2.58. The minimum absolute atomic E-state index is 0.130. The molecule has 21 heavy (non-hydrogen) atoms. The fraction of sp³-hybridized carbons (Fsp3) is 0.353. The summed E-state index contributed by atoms with van der Waals surface area (Å²) < 4.78 is 16.6. The maximum absolute atomic E-state index is 12.1. The Kier molecular flexibility index (Phi) is 4.60. The van der Waals surface area contributed by atoms with Crippen LogP contribution in [0.15, 0.2) is 48.2 Å². The van der Waals surface area contributed by atoms with Gasteiger partial charge in [-0.3, -0.25) is 4.79 Å². The molecule has 0 saturated carbocycles. The summed E-state index contributed by atoms with van der Waals surface area (Å²) in [5.74, 6) is 0.456. The second-order valence-electron chi connectivity index (χ2n) is 4.85. The molecule has 0 amide bonds. The van der Waals surface area contributed by atoms with Crippen LogP contribution >= 0.6 is 0 Å². The van der Waals surface area contributed by atoms with Crippen LogP contribution < -0.4 is 0 Å². The molecule has 1 aliphatic carbocycles. The minimum Gasteiger partial charge on any atom is -0.498 e. The van der Waals surface area contributed by atoms with Crippen molar-refractivity contribution in [2.45, 2.75) is 18.6 Å². The average Bonchev–Trinajstić information content (AvgIpc) is 2.53. The van der Waals surface area contributed by atoms with Gasteiger partial charge < -0.3 is 14.2 Å². The summed E-state index contributed by atoms with van der Waals surface area (Å²) in [6.45, 7) is 1.49. The molecule has 0 radical (unpaired) electrons. The molecule has 112 valence electrons. The molecule has 1 aromatic rings. The zero-order chi connectivity index (χ0) is 15.5. The van der Waals surface area contributed by atoms with Gasteiger partial charge >= 0.3 is 0 Å². The summed E-state index contributed by atoms with van der Waals surface area (Å²) in [4.78, 5) is 12.1. The first-order chi connectivity index (χ1) is 10.1. The van der Waals surface area contributed by atoms with Crippen molar-refractivity contribution in [3.63, 3.8) is 0 Å². The molecule has 1 aromatic carbocycles. The lowest BCUT2D eigenvalue weighted by atomic mass is 9.82. The van der Waals surface area contributed by atoms with E-state index in [1.54, 1.807) is 20.3 Å². The normalized spacial score (nSPS) is 25.0. The Morgan fingerprint density at radius 1 is 1.14 bits per heavy atom. The molecule has 0 N–H and O–H groups in total. The number of carbonyl (C=O) groups is 1. The van der Waals surface area contributed by atoms with E-state index in [0.717, 1.165) is 11.1 Å². The first kappa shape index (κ1) is 15.5. The molecule has 0 fully saturated rings. The quantitative estimate of drug-likeness (QED) is 0.835. The number of hydrogen-bond acceptors (Lipinski definition) is 4. The molecular weight excluding hydrogens is 268 g/mol. The fourth-order valence-corrected chi connectivity index (χ4v) is 2.69. The number of rotatable bonds is 5. The Hall–Kier alpha value is -1.91. The smallest absolute Gasteiger partial charge is 0.177 e. The highest BCUT2D eigenvalue weighted by Gasteiger charge is 2.47. The molecule has 1 aliphatic rings. The third kappa shape index (κ3) is 2.52. The standard InChI is InChI=1S/C17H20O4/c1-12(18)17(21-4)11-10-14(13-8-6-5-7-9-13)15(19-2)16(17)20-3/h5-11,16H,1-4H3. The van der Waals surface area contributed by atoms with Gasteiger partial charge in [-0.2, -0.15) is 0 Å². The second kappa shape index (κ2) is 6.24. The number of methoxy groups -OCH3 is 3. The lowest BCUT2D eigenvalue weighted by Crippen LogP contribution is -2.52. The summed E-state index contributed by atoms with van der Waals surface area (Å²) in [5.41, 5.74) is 0.734. The Morgan fingerprint density at radius 2 is 1.81 bits per heavy atom. The summed E-state index contributed by atoms with van der Waals surface area (Å²) in [6.07, 6.45) is 2.98. The van der Waals surface area contributed by atoms with Gasteiger partial charge in [-0.15, -0.1) is 0 Å². The molecule has 2 unspecified atom stereocenters. The van der Waals surface area contributed by atoms with Crippen LogP contribution in [0.4, 0.5) is 0 Å². The van der Waals surface area contributed by atoms with Crippen molar-refractivity contribution in [2.75, 3.05) is 21.3 Å². The van der Waals surface area contributed by atoms with E-state index in [1.807, 2.05) is 36.4 Å². The number of carbonyl (C=O) groups excluding carboxylic acids is 1. The van der Waals surface area contributed by atoms with Gasteiger partial charge in [-0.1, -0.05) is 36.4 Å². The zero-order valence-corrected chi connectivity index (χ0v) is 12.8. The van der Waals surface area contributed by atoms with Crippen LogP contribution in [0.5, 0.6) is 0 Å². The second-order valence-corrected chi connectivity index (χ2v) is 4.85. The maximum Gasteiger partial charge on any atom is 0.177 e. The molecule has 2 atom stereocenters. The van der Waals surface area contributed by atoms with E-state index in [4.69, 9.17) is 14.2 Å². The largest absolute Gasteiger partial charge is 0.498 e. The molecule has 0 saturated heterocycles. The van der Waals surface area contributed by atoms with Crippen LogP contribution in [0.1, 0.15) is 12.5 Å². The van der Waals surface area contributed by atoms with Crippen LogP contribution in [-0.2, 0) is 19.0 Å². The highest BCUT2D eigenvalue weighted by molar-refractivity contribution is 5.92. The van der Waals surface area contributed by atoms with E-state index in [1.165, 1.54) is 14.0 Å². The topological polar surface area (TPSA) is 44.8 Å². The van der Waals surface area contributed by atoms with Crippen molar-refractivity contribution < 1.29 is 19.0 Å². The molecule has 0 aromatic heterocycles. The van der Waals surface area contributed by atoms with Crippen LogP contribution in [0.3, 0.4) is 0 Å². The molecule has 4 heteroatoms. The minimum atomic E-state index is -1.15. The van der Waals surface area contributed by atoms with Crippen molar-refractivity contribution in [3.05, 3.63) is 53.8 Å². The van der Waals surface area contributed by atoms with E-state index in [2.05, 4.69) is 0 Å². The highest BCUT2D eigenvalue weighted by Crippen LogP contribution is 2.37. The average molecular weight is 288 g/mol. The van der Waals surface area contributed by atoms with E-state index in [-0.39, 0.29) is 5.78 Å². The first-order valence-electron chi connectivity index (χ1n) is 6.72. The van der Waals surface area contributed by atoms with Crippen LogP contribution in [0.2, 0.25) is 0 Å². The Bertz CT molecular complexity index is 574. The summed E-state index contributed by atoms with van der Waals surface area (Å²) in [5, 5.41) is 0. The lowest BCUT2D eigenvalue weighted by Gasteiger charge is -2.38. The molecule has 0 aliphatic heterocycles.